The van der Waals surface area contributed by atoms with Crippen molar-refractivity contribution in [3.05, 3.63) is 69.8 Å². The van der Waals surface area contributed by atoms with Crippen molar-refractivity contribution in [2.45, 2.75) is 0 Å². The molecule has 0 aromatic heterocycles. The second kappa shape index (κ2) is 6.67. The molecule has 23 heavy (non-hydrogen) atoms. The Balaban J connectivity index is 2.18. The minimum atomic E-state index is -0.652. The van der Waals surface area contributed by atoms with Crippen LogP contribution in [0, 0.1) is 10.1 Å². The van der Waals surface area contributed by atoms with Crippen molar-refractivity contribution in [1.82, 2.24) is 5.48 Å². The largest absolute Gasteiger partial charge is 0.311 e. The molecule has 0 saturated carbocycles. The van der Waals surface area contributed by atoms with Gasteiger partial charge in [-0.3, -0.25) is 24.9 Å². The number of carbonyl (C=O) groups is 2. The van der Waals surface area contributed by atoms with Crippen LogP contribution in [0.15, 0.2) is 48.5 Å². The van der Waals surface area contributed by atoms with Crippen LogP contribution < -0.4 is 10.4 Å². The zero-order chi connectivity index (χ0) is 17.0. The molecule has 0 bridgehead atoms. The lowest BCUT2D eigenvalue weighted by Crippen LogP contribution is -2.26. The number of benzene rings is 2. The molecule has 0 heterocycles. The summed E-state index contributed by atoms with van der Waals surface area (Å²) >= 11 is 0. The van der Waals surface area contributed by atoms with Gasteiger partial charge in [0, 0.05) is 36.0 Å². The van der Waals surface area contributed by atoms with Crippen LogP contribution >= 0.6 is 0 Å². The summed E-state index contributed by atoms with van der Waals surface area (Å²) in [6, 6.07) is 11.3. The summed E-state index contributed by atoms with van der Waals surface area (Å²) in [5.41, 5.74) is 2.50. The Kier molecular flexibility index (Phi) is 4.67. The quantitative estimate of drug-likeness (QED) is 0.509. The molecule has 0 saturated heterocycles. The first-order chi connectivity index (χ1) is 10.9. The van der Waals surface area contributed by atoms with Crippen LogP contribution in [0.5, 0.6) is 0 Å². The topological polar surface area (TPSA) is 113 Å². The van der Waals surface area contributed by atoms with Gasteiger partial charge in [-0.25, -0.2) is 5.48 Å². The van der Waals surface area contributed by atoms with Gasteiger partial charge in [-0.15, -0.1) is 0 Å². The smallest absolute Gasteiger partial charge is 0.274 e. The predicted octanol–water partition coefficient (Wildman–Crippen LogP) is 1.99. The van der Waals surface area contributed by atoms with Gasteiger partial charge in [0.15, 0.2) is 0 Å². The van der Waals surface area contributed by atoms with E-state index in [4.69, 9.17) is 5.21 Å². The number of nitrogens with zero attached hydrogens (tertiary/aromatic N) is 2. The van der Waals surface area contributed by atoms with E-state index in [1.54, 1.807) is 19.2 Å². The van der Waals surface area contributed by atoms with E-state index >= 15 is 0 Å². The van der Waals surface area contributed by atoms with Crippen LogP contribution in [0.3, 0.4) is 0 Å². The van der Waals surface area contributed by atoms with Crippen LogP contribution in [0.1, 0.15) is 20.7 Å². The lowest BCUT2D eigenvalue weighted by molar-refractivity contribution is -0.384. The van der Waals surface area contributed by atoms with Crippen molar-refractivity contribution in [2.75, 3.05) is 11.9 Å². The van der Waals surface area contributed by atoms with E-state index in [-0.39, 0.29) is 17.2 Å². The van der Waals surface area contributed by atoms with Crippen LogP contribution in [-0.2, 0) is 0 Å². The van der Waals surface area contributed by atoms with Crippen molar-refractivity contribution >= 4 is 23.2 Å². The summed E-state index contributed by atoms with van der Waals surface area (Å²) in [4.78, 5) is 35.0. The first-order valence-electron chi connectivity index (χ1n) is 6.51. The standard InChI is InChI=1S/C15H13N3O5/c1-17(12-6-2-10(3-7-12)14(19)16-21)15(20)11-4-8-13(9-5-11)18(22)23/h2-9,21H,1H3,(H,16,19). The lowest BCUT2D eigenvalue weighted by atomic mass is 10.1. The van der Waals surface area contributed by atoms with E-state index in [1.807, 2.05) is 0 Å². The number of hydrogen-bond donors (Lipinski definition) is 2. The molecule has 0 atom stereocenters. The van der Waals surface area contributed by atoms with E-state index < -0.39 is 10.8 Å². The van der Waals surface area contributed by atoms with Gasteiger partial charge in [0.1, 0.15) is 0 Å². The molecule has 0 aliphatic carbocycles. The molecule has 8 nitrogen and oxygen atoms in total. The number of nitrogens with one attached hydrogen (secondary N) is 1. The van der Waals surface area contributed by atoms with E-state index in [0.717, 1.165) is 0 Å². The van der Waals surface area contributed by atoms with E-state index in [9.17, 15) is 19.7 Å². The number of nitro benzene ring substituents is 1. The fraction of sp³-hybridized carbons (Fsp3) is 0.0667. The molecule has 2 rings (SSSR count). The van der Waals surface area contributed by atoms with Gasteiger partial charge in [0.2, 0.25) is 0 Å². The number of carbonyl (C=O) groups excluding carboxylic acids is 2. The van der Waals surface area contributed by atoms with Crippen LogP contribution in [-0.4, -0.2) is 29.0 Å². The number of amides is 2. The molecule has 0 radical (unpaired) electrons. The summed E-state index contributed by atoms with van der Waals surface area (Å²) in [6.45, 7) is 0. The van der Waals surface area contributed by atoms with E-state index in [0.29, 0.717) is 11.3 Å². The minimum absolute atomic E-state index is 0.0939. The van der Waals surface area contributed by atoms with Gasteiger partial charge in [-0.1, -0.05) is 0 Å². The molecule has 2 amide bonds. The molecule has 2 N–H and O–H groups in total. The number of hydroxylamine groups is 1. The molecule has 2 aromatic carbocycles. The first-order valence-corrected chi connectivity index (χ1v) is 6.51. The number of nitro groups is 1. The van der Waals surface area contributed by atoms with Crippen molar-refractivity contribution < 1.29 is 19.7 Å². The molecule has 0 fully saturated rings. The Morgan fingerprint density at radius 3 is 2.04 bits per heavy atom. The molecule has 118 valence electrons. The number of anilines is 1. The highest BCUT2D eigenvalue weighted by atomic mass is 16.6. The summed E-state index contributed by atoms with van der Waals surface area (Å²) in [6.07, 6.45) is 0. The molecular weight excluding hydrogens is 302 g/mol. The third kappa shape index (κ3) is 3.50. The molecule has 0 spiro atoms. The van der Waals surface area contributed by atoms with Gasteiger partial charge in [0.25, 0.3) is 17.5 Å². The highest BCUT2D eigenvalue weighted by Crippen LogP contribution is 2.18. The Morgan fingerprint density at radius 1 is 1.04 bits per heavy atom. The van der Waals surface area contributed by atoms with Gasteiger partial charge in [-0.05, 0) is 36.4 Å². The van der Waals surface area contributed by atoms with Crippen LogP contribution in [0.2, 0.25) is 0 Å². The molecule has 0 aliphatic heterocycles. The maximum atomic E-state index is 12.3. The summed E-state index contributed by atoms with van der Waals surface area (Å²) in [7, 11) is 1.55. The van der Waals surface area contributed by atoms with Crippen LogP contribution in [0.4, 0.5) is 11.4 Å². The van der Waals surface area contributed by atoms with Crippen molar-refractivity contribution in [3.63, 3.8) is 0 Å². The maximum absolute atomic E-state index is 12.3. The van der Waals surface area contributed by atoms with Gasteiger partial charge >= 0.3 is 0 Å². The predicted molar refractivity (Wildman–Crippen MR) is 81.5 cm³/mol. The van der Waals surface area contributed by atoms with Crippen molar-refractivity contribution in [1.29, 1.82) is 0 Å². The Morgan fingerprint density at radius 2 is 1.57 bits per heavy atom. The summed E-state index contributed by atoms with van der Waals surface area (Å²) < 4.78 is 0. The molecule has 8 heteroatoms. The van der Waals surface area contributed by atoms with Gasteiger partial charge < -0.3 is 4.90 Å². The van der Waals surface area contributed by atoms with Crippen molar-refractivity contribution in [3.8, 4) is 0 Å². The fourth-order valence-corrected chi connectivity index (χ4v) is 1.94. The fourth-order valence-electron chi connectivity index (χ4n) is 1.94. The molecule has 2 aromatic rings. The number of non-ortho nitro benzene ring substituents is 1. The maximum Gasteiger partial charge on any atom is 0.274 e. The van der Waals surface area contributed by atoms with Crippen LogP contribution in [0.25, 0.3) is 0 Å². The molecular formula is C15H13N3O5. The highest BCUT2D eigenvalue weighted by Gasteiger charge is 2.15. The number of rotatable bonds is 4. The number of hydrogen-bond acceptors (Lipinski definition) is 5. The normalized spacial score (nSPS) is 10.0. The van der Waals surface area contributed by atoms with Crippen molar-refractivity contribution in [2.24, 2.45) is 0 Å². The minimum Gasteiger partial charge on any atom is -0.311 e. The average Bonchev–Trinajstić information content (AvgIpc) is 2.60. The van der Waals surface area contributed by atoms with Gasteiger partial charge in [-0.2, -0.15) is 0 Å². The highest BCUT2D eigenvalue weighted by molar-refractivity contribution is 6.06. The Labute approximate surface area is 131 Å². The third-order valence-electron chi connectivity index (χ3n) is 3.25. The average molecular weight is 315 g/mol. The van der Waals surface area contributed by atoms with E-state index in [2.05, 4.69) is 0 Å². The second-order valence-corrected chi connectivity index (χ2v) is 4.66. The monoisotopic (exact) mass is 315 g/mol. The molecule has 0 unspecified atom stereocenters. The Hall–Kier alpha value is -3.26. The lowest BCUT2D eigenvalue weighted by Gasteiger charge is -2.17. The summed E-state index contributed by atoms with van der Waals surface area (Å²) in [5.74, 6) is -1.000. The zero-order valence-corrected chi connectivity index (χ0v) is 12.1. The Bertz CT molecular complexity index is 741. The first kappa shape index (κ1) is 16.1. The second-order valence-electron chi connectivity index (χ2n) is 4.66. The van der Waals surface area contributed by atoms with Gasteiger partial charge in [0.05, 0.1) is 4.92 Å². The third-order valence-corrected chi connectivity index (χ3v) is 3.25. The molecule has 0 aliphatic rings. The summed E-state index contributed by atoms with van der Waals surface area (Å²) in [5, 5.41) is 19.2. The SMILES string of the molecule is CN(C(=O)c1ccc([N+](=O)[O-])cc1)c1ccc(C(=O)NO)cc1. The zero-order valence-electron chi connectivity index (χ0n) is 12.1. The van der Waals surface area contributed by atoms with E-state index in [1.165, 1.54) is 46.8 Å².